The van der Waals surface area contributed by atoms with E-state index in [2.05, 4.69) is 5.10 Å². The zero-order chi connectivity index (χ0) is 19.7. The van der Waals surface area contributed by atoms with Crippen LogP contribution in [0.2, 0.25) is 0 Å². The van der Waals surface area contributed by atoms with Crippen LogP contribution in [0.25, 0.3) is 16.7 Å². The van der Waals surface area contributed by atoms with E-state index in [9.17, 15) is 4.79 Å². The van der Waals surface area contributed by atoms with Gasteiger partial charge in [0.1, 0.15) is 17.1 Å². The van der Waals surface area contributed by atoms with Crippen molar-refractivity contribution < 1.29 is 13.9 Å². The maximum absolute atomic E-state index is 13.1. The van der Waals surface area contributed by atoms with E-state index in [-0.39, 0.29) is 5.91 Å². The normalized spacial score (nSPS) is 11.0. The molecule has 4 rings (SSSR count). The number of carbonyl (C=O) groups excluding carboxylic acids is 1. The Balaban J connectivity index is 1.58. The fourth-order valence-electron chi connectivity index (χ4n) is 3.29. The van der Waals surface area contributed by atoms with Crippen molar-refractivity contribution in [2.24, 2.45) is 0 Å². The monoisotopic (exact) mass is 375 g/mol. The Morgan fingerprint density at radius 3 is 2.75 bits per heavy atom. The molecule has 0 aliphatic heterocycles. The highest BCUT2D eigenvalue weighted by molar-refractivity contribution is 6.07. The van der Waals surface area contributed by atoms with Crippen molar-refractivity contribution >= 4 is 16.9 Å². The van der Waals surface area contributed by atoms with Crippen molar-refractivity contribution in [3.05, 3.63) is 77.8 Å². The first-order chi connectivity index (χ1) is 13.6. The van der Waals surface area contributed by atoms with Crippen LogP contribution in [-0.2, 0) is 6.54 Å². The SMILES string of the molecule is COc1ccc2oc(C)c(C(=O)N(C)Cc3cnn(-c4ccccc4)c3)c2c1. The Morgan fingerprint density at radius 2 is 2.00 bits per heavy atom. The standard InChI is InChI=1S/C22H21N3O3/c1-15-21(19-11-18(27-3)9-10-20(19)28-15)22(26)24(2)13-16-12-23-25(14-16)17-7-5-4-6-8-17/h4-12,14H,13H2,1-3H3. The van der Waals surface area contributed by atoms with E-state index in [1.54, 1.807) is 36.9 Å². The number of aromatic nitrogens is 2. The second kappa shape index (κ2) is 7.23. The lowest BCUT2D eigenvalue weighted by Gasteiger charge is -2.16. The van der Waals surface area contributed by atoms with Gasteiger partial charge in [-0.2, -0.15) is 5.10 Å². The Labute approximate surface area is 162 Å². The number of ether oxygens (including phenoxy) is 1. The summed E-state index contributed by atoms with van der Waals surface area (Å²) in [5.41, 5.74) is 3.16. The minimum Gasteiger partial charge on any atom is -0.497 e. The van der Waals surface area contributed by atoms with Crippen LogP contribution in [0.3, 0.4) is 0 Å². The van der Waals surface area contributed by atoms with Crippen molar-refractivity contribution in [2.75, 3.05) is 14.2 Å². The molecule has 0 unspecified atom stereocenters. The maximum atomic E-state index is 13.1. The van der Waals surface area contributed by atoms with Gasteiger partial charge in [-0.05, 0) is 37.3 Å². The van der Waals surface area contributed by atoms with Crippen LogP contribution in [0.15, 0.2) is 65.3 Å². The molecule has 28 heavy (non-hydrogen) atoms. The van der Waals surface area contributed by atoms with E-state index in [4.69, 9.17) is 9.15 Å². The second-order valence-electron chi connectivity index (χ2n) is 6.69. The van der Waals surface area contributed by atoms with Crippen LogP contribution in [0, 0.1) is 6.92 Å². The topological polar surface area (TPSA) is 60.5 Å². The van der Waals surface area contributed by atoms with Gasteiger partial charge in [0.2, 0.25) is 0 Å². The van der Waals surface area contributed by atoms with Crippen molar-refractivity contribution in [1.82, 2.24) is 14.7 Å². The largest absolute Gasteiger partial charge is 0.497 e. The van der Waals surface area contributed by atoms with Gasteiger partial charge in [0.15, 0.2) is 0 Å². The van der Waals surface area contributed by atoms with Crippen molar-refractivity contribution in [2.45, 2.75) is 13.5 Å². The van der Waals surface area contributed by atoms with Gasteiger partial charge in [-0.1, -0.05) is 18.2 Å². The summed E-state index contributed by atoms with van der Waals surface area (Å²) in [5.74, 6) is 1.19. The number of aryl methyl sites for hydroxylation is 1. The first-order valence-corrected chi connectivity index (χ1v) is 8.98. The number of furan rings is 1. The van der Waals surface area contributed by atoms with Crippen molar-refractivity contribution in [3.8, 4) is 11.4 Å². The van der Waals surface area contributed by atoms with Gasteiger partial charge in [-0.25, -0.2) is 4.68 Å². The lowest BCUT2D eigenvalue weighted by atomic mass is 10.1. The molecule has 0 fully saturated rings. The zero-order valence-electron chi connectivity index (χ0n) is 16.0. The van der Waals surface area contributed by atoms with Gasteiger partial charge in [-0.15, -0.1) is 0 Å². The summed E-state index contributed by atoms with van der Waals surface area (Å²) in [4.78, 5) is 14.8. The molecule has 0 N–H and O–H groups in total. The molecule has 2 aromatic carbocycles. The minimum atomic E-state index is -0.100. The van der Waals surface area contributed by atoms with Crippen LogP contribution in [0.4, 0.5) is 0 Å². The quantitative estimate of drug-likeness (QED) is 0.524. The average Bonchev–Trinajstić information content (AvgIpc) is 3.31. The third-order valence-electron chi connectivity index (χ3n) is 4.71. The number of carbonyl (C=O) groups is 1. The number of rotatable bonds is 5. The van der Waals surface area contributed by atoms with E-state index in [0.717, 1.165) is 16.6 Å². The average molecular weight is 375 g/mol. The third-order valence-corrected chi connectivity index (χ3v) is 4.71. The molecule has 0 atom stereocenters. The number of hydrogen-bond donors (Lipinski definition) is 0. The summed E-state index contributed by atoms with van der Waals surface area (Å²) in [6, 6.07) is 15.3. The molecule has 0 spiro atoms. The Kier molecular flexibility index (Phi) is 4.61. The molecule has 1 amide bonds. The van der Waals surface area contributed by atoms with E-state index in [1.807, 2.05) is 54.7 Å². The Bertz CT molecular complexity index is 1130. The molecular weight excluding hydrogens is 354 g/mol. The second-order valence-corrected chi connectivity index (χ2v) is 6.69. The molecule has 2 heterocycles. The molecule has 0 radical (unpaired) electrons. The smallest absolute Gasteiger partial charge is 0.258 e. The number of fused-ring (bicyclic) bond motifs is 1. The first-order valence-electron chi connectivity index (χ1n) is 8.98. The fraction of sp³-hybridized carbons (Fsp3) is 0.182. The van der Waals surface area contributed by atoms with Crippen LogP contribution in [0.5, 0.6) is 5.75 Å². The molecular formula is C22H21N3O3. The Hall–Kier alpha value is -3.54. The van der Waals surface area contributed by atoms with Crippen LogP contribution in [0.1, 0.15) is 21.7 Å². The molecule has 0 aliphatic rings. The summed E-state index contributed by atoms with van der Waals surface area (Å²) < 4.78 is 12.9. The number of benzene rings is 2. The highest BCUT2D eigenvalue weighted by Crippen LogP contribution is 2.30. The molecule has 4 aromatic rings. The predicted octanol–water partition coefficient (Wildman–Crippen LogP) is 4.21. The van der Waals surface area contributed by atoms with Crippen molar-refractivity contribution in [3.63, 3.8) is 0 Å². The summed E-state index contributed by atoms with van der Waals surface area (Å²) in [5, 5.41) is 5.15. The summed E-state index contributed by atoms with van der Waals surface area (Å²) in [6.07, 6.45) is 3.71. The van der Waals surface area contributed by atoms with Crippen molar-refractivity contribution in [1.29, 1.82) is 0 Å². The van der Waals surface area contributed by atoms with Gasteiger partial charge in [0, 0.05) is 30.7 Å². The number of methoxy groups -OCH3 is 1. The van der Waals surface area contributed by atoms with Gasteiger partial charge in [-0.3, -0.25) is 4.79 Å². The third kappa shape index (κ3) is 3.24. The molecule has 6 nitrogen and oxygen atoms in total. The van der Waals surface area contributed by atoms with Crippen LogP contribution >= 0.6 is 0 Å². The van der Waals surface area contributed by atoms with E-state index < -0.39 is 0 Å². The maximum Gasteiger partial charge on any atom is 0.258 e. The summed E-state index contributed by atoms with van der Waals surface area (Å²) >= 11 is 0. The molecule has 0 saturated carbocycles. The number of hydrogen-bond acceptors (Lipinski definition) is 4. The highest BCUT2D eigenvalue weighted by atomic mass is 16.5. The number of nitrogens with zero attached hydrogens (tertiary/aromatic N) is 3. The van der Waals surface area contributed by atoms with Crippen LogP contribution in [-0.4, -0.2) is 34.7 Å². The molecule has 0 saturated heterocycles. The first kappa shape index (κ1) is 17.9. The fourth-order valence-corrected chi connectivity index (χ4v) is 3.29. The Morgan fingerprint density at radius 1 is 1.21 bits per heavy atom. The summed E-state index contributed by atoms with van der Waals surface area (Å²) in [7, 11) is 3.38. The molecule has 2 aromatic heterocycles. The predicted molar refractivity (Wildman–Crippen MR) is 107 cm³/mol. The number of para-hydroxylation sites is 1. The van der Waals surface area contributed by atoms with Gasteiger partial charge in [0.05, 0.1) is 24.6 Å². The van der Waals surface area contributed by atoms with Gasteiger partial charge < -0.3 is 14.1 Å². The molecule has 6 heteroatoms. The zero-order valence-corrected chi connectivity index (χ0v) is 16.0. The lowest BCUT2D eigenvalue weighted by molar-refractivity contribution is 0.0785. The molecule has 0 bridgehead atoms. The van der Waals surface area contributed by atoms with Gasteiger partial charge >= 0.3 is 0 Å². The van der Waals surface area contributed by atoms with E-state index in [0.29, 0.717) is 29.2 Å². The lowest BCUT2D eigenvalue weighted by Crippen LogP contribution is -2.26. The molecule has 142 valence electrons. The highest BCUT2D eigenvalue weighted by Gasteiger charge is 2.22. The molecule has 0 aliphatic carbocycles. The summed E-state index contributed by atoms with van der Waals surface area (Å²) in [6.45, 7) is 2.25. The minimum absolute atomic E-state index is 0.100. The van der Waals surface area contributed by atoms with Gasteiger partial charge in [0.25, 0.3) is 5.91 Å². The van der Waals surface area contributed by atoms with Crippen LogP contribution < -0.4 is 4.74 Å². The van der Waals surface area contributed by atoms with E-state index in [1.165, 1.54) is 0 Å². The van der Waals surface area contributed by atoms with E-state index >= 15 is 0 Å². The number of amides is 1.